The van der Waals surface area contributed by atoms with Gasteiger partial charge in [0.1, 0.15) is 5.69 Å². The van der Waals surface area contributed by atoms with Crippen LogP contribution in [0.2, 0.25) is 5.02 Å². The van der Waals surface area contributed by atoms with E-state index >= 15 is 0 Å². The predicted molar refractivity (Wildman–Crippen MR) is 54.9 cm³/mol. The van der Waals surface area contributed by atoms with Gasteiger partial charge in [0.05, 0.1) is 0 Å². The maximum absolute atomic E-state index is 10.6. The molecule has 0 radical (unpaired) electrons. The first-order valence-corrected chi connectivity index (χ1v) is 4.59. The van der Waals surface area contributed by atoms with Crippen LogP contribution in [0.5, 0.6) is 0 Å². The fourth-order valence-corrected chi connectivity index (χ4v) is 1.54. The minimum absolute atomic E-state index is 0.0250. The van der Waals surface area contributed by atoms with Gasteiger partial charge in [-0.05, 0) is 17.0 Å². The first-order valence-electron chi connectivity index (χ1n) is 4.21. The molecule has 4 heteroatoms. The molecule has 1 rings (SSSR count). The summed E-state index contributed by atoms with van der Waals surface area (Å²) in [7, 11) is 0. The van der Waals surface area contributed by atoms with Gasteiger partial charge in [0, 0.05) is 11.2 Å². The van der Waals surface area contributed by atoms with E-state index in [4.69, 9.17) is 16.7 Å². The van der Waals surface area contributed by atoms with Crippen LogP contribution in [0.15, 0.2) is 12.3 Å². The molecule has 1 heterocycles. The zero-order valence-electron chi connectivity index (χ0n) is 8.34. The Hall–Kier alpha value is -1.09. The lowest BCUT2D eigenvalue weighted by Gasteiger charge is -2.19. The van der Waals surface area contributed by atoms with Gasteiger partial charge < -0.3 is 5.11 Å². The second-order valence-electron chi connectivity index (χ2n) is 4.10. The molecule has 76 valence electrons. The van der Waals surface area contributed by atoms with Crippen LogP contribution >= 0.6 is 11.6 Å². The van der Waals surface area contributed by atoms with E-state index in [9.17, 15) is 4.79 Å². The minimum atomic E-state index is -1.06. The van der Waals surface area contributed by atoms with E-state index in [1.807, 2.05) is 20.8 Å². The number of carboxylic acid groups (broad SMARTS) is 1. The molecule has 0 bridgehead atoms. The summed E-state index contributed by atoms with van der Waals surface area (Å²) in [5, 5.41) is 9.13. The molecule has 0 aliphatic heterocycles. The van der Waals surface area contributed by atoms with Gasteiger partial charge in [-0.2, -0.15) is 0 Å². The Kier molecular flexibility index (Phi) is 2.81. The number of pyridine rings is 1. The summed E-state index contributed by atoms with van der Waals surface area (Å²) < 4.78 is 0. The van der Waals surface area contributed by atoms with Crippen LogP contribution in [0.4, 0.5) is 0 Å². The van der Waals surface area contributed by atoms with E-state index in [2.05, 4.69) is 4.98 Å². The monoisotopic (exact) mass is 213 g/mol. The van der Waals surface area contributed by atoms with Gasteiger partial charge in [0.15, 0.2) is 0 Å². The van der Waals surface area contributed by atoms with E-state index in [1.165, 1.54) is 12.3 Å². The molecule has 0 spiro atoms. The van der Waals surface area contributed by atoms with Crippen LogP contribution < -0.4 is 0 Å². The van der Waals surface area contributed by atoms with Crippen LogP contribution in [0.25, 0.3) is 0 Å². The molecule has 3 nitrogen and oxygen atoms in total. The highest BCUT2D eigenvalue weighted by Crippen LogP contribution is 2.28. The Balaban J connectivity index is 3.21. The number of nitrogens with zero attached hydrogens (tertiary/aromatic N) is 1. The summed E-state index contributed by atoms with van der Waals surface area (Å²) in [5.74, 6) is -1.06. The Morgan fingerprint density at radius 2 is 2.07 bits per heavy atom. The molecule has 0 aliphatic carbocycles. The number of hydrogen-bond donors (Lipinski definition) is 1. The number of hydrogen-bond acceptors (Lipinski definition) is 2. The summed E-state index contributed by atoms with van der Waals surface area (Å²) in [6, 6.07) is 1.38. The van der Waals surface area contributed by atoms with Crippen molar-refractivity contribution in [2.45, 2.75) is 26.2 Å². The molecular weight excluding hydrogens is 202 g/mol. The third kappa shape index (κ3) is 2.23. The highest BCUT2D eigenvalue weighted by Gasteiger charge is 2.19. The predicted octanol–water partition coefficient (Wildman–Crippen LogP) is 2.73. The average Bonchev–Trinajstić information content (AvgIpc) is 2.01. The molecule has 1 N–H and O–H groups in total. The zero-order valence-corrected chi connectivity index (χ0v) is 9.09. The van der Waals surface area contributed by atoms with Crippen LogP contribution in [-0.4, -0.2) is 16.1 Å². The SMILES string of the molecule is CC(C)(C)c1cnc(C(=O)O)cc1Cl. The van der Waals surface area contributed by atoms with E-state index in [1.54, 1.807) is 0 Å². The number of carbonyl (C=O) groups is 1. The first-order chi connectivity index (χ1) is 6.32. The minimum Gasteiger partial charge on any atom is -0.477 e. The average molecular weight is 214 g/mol. The Morgan fingerprint density at radius 1 is 1.50 bits per heavy atom. The lowest BCUT2D eigenvalue weighted by molar-refractivity contribution is 0.0690. The molecule has 1 aromatic heterocycles. The van der Waals surface area contributed by atoms with Crippen molar-refractivity contribution in [1.82, 2.24) is 4.98 Å². The smallest absolute Gasteiger partial charge is 0.354 e. The van der Waals surface area contributed by atoms with Gasteiger partial charge in [-0.15, -0.1) is 0 Å². The molecule has 0 fully saturated rings. The van der Waals surface area contributed by atoms with Crippen LogP contribution in [0, 0.1) is 0 Å². The standard InChI is InChI=1S/C10H12ClNO2/c1-10(2,3)6-5-12-8(9(13)14)4-7(6)11/h4-5H,1-3H3,(H,13,14). The van der Waals surface area contributed by atoms with Crippen molar-refractivity contribution in [2.24, 2.45) is 0 Å². The molecule has 0 saturated carbocycles. The quantitative estimate of drug-likeness (QED) is 0.781. The van der Waals surface area contributed by atoms with Crippen molar-refractivity contribution < 1.29 is 9.90 Å². The zero-order chi connectivity index (χ0) is 10.9. The lowest BCUT2D eigenvalue weighted by Crippen LogP contribution is -2.13. The van der Waals surface area contributed by atoms with E-state index < -0.39 is 5.97 Å². The second-order valence-corrected chi connectivity index (χ2v) is 4.51. The fourth-order valence-electron chi connectivity index (χ4n) is 1.10. The van der Waals surface area contributed by atoms with Crippen molar-refractivity contribution in [3.05, 3.63) is 28.5 Å². The van der Waals surface area contributed by atoms with Crippen molar-refractivity contribution >= 4 is 17.6 Å². The highest BCUT2D eigenvalue weighted by atomic mass is 35.5. The third-order valence-corrected chi connectivity index (χ3v) is 2.19. The maximum Gasteiger partial charge on any atom is 0.354 e. The first kappa shape index (κ1) is 11.0. The molecule has 0 aliphatic rings. The number of aromatic carboxylic acids is 1. The summed E-state index contributed by atoms with van der Waals surface area (Å²) >= 11 is 5.95. The molecule has 0 saturated heterocycles. The molecule has 0 amide bonds. The van der Waals surface area contributed by atoms with E-state index in [0.29, 0.717) is 5.02 Å². The second kappa shape index (κ2) is 3.58. The molecule has 0 atom stereocenters. The lowest BCUT2D eigenvalue weighted by atomic mass is 9.88. The fraction of sp³-hybridized carbons (Fsp3) is 0.400. The topological polar surface area (TPSA) is 50.2 Å². The summed E-state index contributed by atoms with van der Waals surface area (Å²) in [5.41, 5.74) is 0.702. The van der Waals surface area contributed by atoms with Crippen LogP contribution in [-0.2, 0) is 5.41 Å². The van der Waals surface area contributed by atoms with Crippen molar-refractivity contribution in [1.29, 1.82) is 0 Å². The van der Waals surface area contributed by atoms with Gasteiger partial charge in [-0.1, -0.05) is 32.4 Å². The van der Waals surface area contributed by atoms with Crippen molar-refractivity contribution in [2.75, 3.05) is 0 Å². The van der Waals surface area contributed by atoms with Gasteiger partial charge in [0.2, 0.25) is 0 Å². The Morgan fingerprint density at radius 3 is 2.43 bits per heavy atom. The van der Waals surface area contributed by atoms with Crippen LogP contribution in [0.1, 0.15) is 36.8 Å². The summed E-state index contributed by atoms with van der Waals surface area (Å²) in [6.07, 6.45) is 1.52. The van der Waals surface area contributed by atoms with Crippen LogP contribution in [0.3, 0.4) is 0 Å². The molecule has 0 unspecified atom stereocenters. The highest BCUT2D eigenvalue weighted by molar-refractivity contribution is 6.31. The molecule has 1 aromatic rings. The van der Waals surface area contributed by atoms with Gasteiger partial charge in [0.25, 0.3) is 0 Å². The number of carboxylic acids is 1. The third-order valence-electron chi connectivity index (χ3n) is 1.88. The van der Waals surface area contributed by atoms with Gasteiger partial charge in [-0.25, -0.2) is 9.78 Å². The van der Waals surface area contributed by atoms with E-state index in [-0.39, 0.29) is 11.1 Å². The molecular formula is C10H12ClNO2. The largest absolute Gasteiger partial charge is 0.477 e. The van der Waals surface area contributed by atoms with Gasteiger partial charge in [-0.3, -0.25) is 0 Å². The van der Waals surface area contributed by atoms with Crippen molar-refractivity contribution in [3.8, 4) is 0 Å². The Bertz CT molecular complexity index is 369. The molecule has 14 heavy (non-hydrogen) atoms. The maximum atomic E-state index is 10.6. The number of halogens is 1. The molecule has 0 aromatic carbocycles. The van der Waals surface area contributed by atoms with Gasteiger partial charge >= 0.3 is 5.97 Å². The normalized spacial score (nSPS) is 11.4. The number of aromatic nitrogens is 1. The Labute approximate surface area is 87.7 Å². The van der Waals surface area contributed by atoms with E-state index in [0.717, 1.165) is 5.56 Å². The summed E-state index contributed by atoms with van der Waals surface area (Å²) in [6.45, 7) is 5.99. The summed E-state index contributed by atoms with van der Waals surface area (Å²) in [4.78, 5) is 14.4. The number of rotatable bonds is 1. The van der Waals surface area contributed by atoms with Crippen molar-refractivity contribution in [3.63, 3.8) is 0 Å².